The Hall–Kier alpha value is -7.24. The molecule has 2 aromatic carbocycles. The molecule has 16 nitrogen and oxygen atoms in total. The first-order valence-electron chi connectivity index (χ1n) is 15.8. The predicted octanol–water partition coefficient (Wildman–Crippen LogP) is 3.23. The van der Waals surface area contributed by atoms with Gasteiger partial charge in [0.05, 0.1) is 22.5 Å². The summed E-state index contributed by atoms with van der Waals surface area (Å²) in [6.07, 6.45) is 17.3. The van der Waals surface area contributed by atoms with Gasteiger partial charge in [0.15, 0.2) is 12.6 Å². The van der Waals surface area contributed by atoms with Crippen LogP contribution in [-0.2, 0) is 22.4 Å². The lowest BCUT2D eigenvalue weighted by molar-refractivity contribution is -0.105. The van der Waals surface area contributed by atoms with Gasteiger partial charge < -0.3 is 43.8 Å². The van der Waals surface area contributed by atoms with Gasteiger partial charge in [-0.05, 0) is 78.5 Å². The number of anilines is 2. The molecule has 0 unspecified atom stereocenters. The fraction of sp³-hybridized carbons (Fsp3) is 0.167. The number of rotatable bonds is 14. The first kappa shape index (κ1) is 42.9. The molecular formula is C36H42F2N10O6. The molecule has 2 aromatic heterocycles. The van der Waals surface area contributed by atoms with E-state index in [1.54, 1.807) is 60.7 Å². The van der Waals surface area contributed by atoms with E-state index in [0.29, 0.717) is 46.7 Å². The fourth-order valence-corrected chi connectivity index (χ4v) is 4.58. The Kier molecular flexibility index (Phi) is 16.9. The molecule has 0 aliphatic carbocycles. The van der Waals surface area contributed by atoms with E-state index in [-0.39, 0.29) is 41.3 Å². The van der Waals surface area contributed by atoms with Crippen molar-refractivity contribution in [2.45, 2.75) is 19.8 Å². The third kappa shape index (κ3) is 13.1. The largest absolute Gasteiger partial charge is 0.478 e. The summed E-state index contributed by atoms with van der Waals surface area (Å²) >= 11 is 0. The minimum atomic E-state index is -1.23. The third-order valence-corrected chi connectivity index (χ3v) is 7.28. The topological polar surface area (TPSA) is 273 Å². The second-order valence-electron chi connectivity index (χ2n) is 11.3. The molecule has 0 fully saturated rings. The van der Waals surface area contributed by atoms with Gasteiger partial charge in [-0.3, -0.25) is 18.7 Å². The zero-order valence-corrected chi connectivity index (χ0v) is 29.6. The number of carbonyl (C=O) groups excluding carboxylic acids is 2. The summed E-state index contributed by atoms with van der Waals surface area (Å²) in [5.41, 5.74) is 22.9. The predicted molar refractivity (Wildman–Crippen MR) is 200 cm³/mol. The zero-order valence-electron chi connectivity index (χ0n) is 29.6. The number of halogens is 2. The number of nitrogens with one attached hydrogen (secondary N) is 2. The molecule has 0 spiro atoms. The van der Waals surface area contributed by atoms with Crippen LogP contribution in [0.2, 0.25) is 0 Å². The number of aldehydes is 2. The van der Waals surface area contributed by atoms with Gasteiger partial charge in [-0.25, -0.2) is 28.3 Å². The molecule has 54 heavy (non-hydrogen) atoms. The third-order valence-electron chi connectivity index (χ3n) is 7.28. The van der Waals surface area contributed by atoms with Crippen molar-refractivity contribution < 1.29 is 38.2 Å². The summed E-state index contributed by atoms with van der Waals surface area (Å²) in [6, 6.07) is 4.82. The van der Waals surface area contributed by atoms with Crippen LogP contribution in [0.4, 0.5) is 20.2 Å². The van der Waals surface area contributed by atoms with E-state index in [2.05, 4.69) is 20.6 Å². The highest BCUT2D eigenvalue weighted by molar-refractivity contribution is 5.95. The van der Waals surface area contributed by atoms with Crippen LogP contribution in [-0.4, -0.2) is 67.9 Å². The van der Waals surface area contributed by atoms with E-state index < -0.39 is 23.6 Å². The maximum atomic E-state index is 14.3. The van der Waals surface area contributed by atoms with Crippen LogP contribution in [0, 0.1) is 17.6 Å². The van der Waals surface area contributed by atoms with Gasteiger partial charge >= 0.3 is 11.9 Å². The monoisotopic (exact) mass is 748 g/mol. The van der Waals surface area contributed by atoms with E-state index in [1.165, 1.54) is 36.4 Å². The smallest absolute Gasteiger partial charge is 0.337 e. The highest BCUT2D eigenvalue weighted by atomic mass is 19.1. The highest BCUT2D eigenvalue weighted by Crippen LogP contribution is 2.27. The van der Waals surface area contributed by atoms with Crippen molar-refractivity contribution in [3.8, 4) is 0 Å². The van der Waals surface area contributed by atoms with Crippen molar-refractivity contribution in [3.63, 3.8) is 0 Å². The molecule has 4 aromatic rings. The lowest BCUT2D eigenvalue weighted by Gasteiger charge is -2.16. The average Bonchev–Trinajstić information content (AvgIpc) is 3.90. The van der Waals surface area contributed by atoms with E-state index in [1.807, 2.05) is 6.92 Å². The number of hydrogen-bond acceptors (Lipinski definition) is 12. The molecule has 2 heterocycles. The number of nitrogens with two attached hydrogens (primary N) is 4. The number of imidazole rings is 2. The second-order valence-corrected chi connectivity index (χ2v) is 11.3. The van der Waals surface area contributed by atoms with E-state index in [4.69, 9.17) is 33.1 Å². The molecule has 0 aliphatic heterocycles. The minimum Gasteiger partial charge on any atom is -0.478 e. The lowest BCUT2D eigenvalue weighted by atomic mass is 9.92. The molecule has 0 bridgehead atoms. The Bertz CT molecular complexity index is 1880. The summed E-state index contributed by atoms with van der Waals surface area (Å²) < 4.78 is 31.9. The van der Waals surface area contributed by atoms with Crippen molar-refractivity contribution in [1.29, 1.82) is 0 Å². The first-order valence-corrected chi connectivity index (χ1v) is 15.8. The van der Waals surface area contributed by atoms with E-state index >= 15 is 0 Å². The summed E-state index contributed by atoms with van der Waals surface area (Å²) in [6.45, 7) is 1.81. The molecule has 18 heteroatoms. The van der Waals surface area contributed by atoms with Crippen molar-refractivity contribution in [2.24, 2.45) is 28.9 Å². The van der Waals surface area contributed by atoms with Crippen molar-refractivity contribution in [3.05, 3.63) is 131 Å². The lowest BCUT2D eigenvalue weighted by Crippen LogP contribution is -2.11. The number of allylic oxidation sites excluding steroid dienone is 6. The maximum absolute atomic E-state index is 14.3. The van der Waals surface area contributed by atoms with Crippen LogP contribution in [0.3, 0.4) is 0 Å². The number of aromatic nitrogens is 4. The normalized spacial score (nSPS) is 11.8. The zero-order chi connectivity index (χ0) is 40.4. The van der Waals surface area contributed by atoms with Crippen LogP contribution >= 0.6 is 0 Å². The minimum absolute atomic E-state index is 0.128. The standard InChI is InChI=1S/C20H22F2N2O4.2C8H10N4O/c1-10(4-11-6-17(23-2)13(19(25)26)8-15(11)21)5-12-7-18(24-3)14(20(27)28)9-16(12)22;2*9-7(5-13)1-2-8(10)12-4-3-11-6-12/h6-10,23-24H,4-5H2,1-3H3,(H,25,26)(H,27,28);2*1-6H,9-10H2/b;2*7-1-,8-2+. The van der Waals surface area contributed by atoms with Crippen molar-refractivity contribution >= 4 is 47.5 Å². The molecule has 0 atom stereocenters. The van der Waals surface area contributed by atoms with Crippen LogP contribution in [0.5, 0.6) is 0 Å². The van der Waals surface area contributed by atoms with Gasteiger partial charge in [0.2, 0.25) is 0 Å². The van der Waals surface area contributed by atoms with E-state index in [0.717, 1.165) is 12.1 Å². The van der Waals surface area contributed by atoms with Gasteiger partial charge in [0.25, 0.3) is 0 Å². The highest BCUT2D eigenvalue weighted by Gasteiger charge is 2.19. The Morgan fingerprint density at radius 3 is 1.37 bits per heavy atom. The molecule has 0 aliphatic rings. The van der Waals surface area contributed by atoms with Gasteiger partial charge in [-0.2, -0.15) is 0 Å². The number of nitrogens with zero attached hydrogens (tertiary/aromatic N) is 4. The van der Waals surface area contributed by atoms with Crippen LogP contribution in [0.25, 0.3) is 11.6 Å². The van der Waals surface area contributed by atoms with Crippen LogP contribution < -0.4 is 33.6 Å². The Morgan fingerprint density at radius 2 is 1.09 bits per heavy atom. The fourth-order valence-electron chi connectivity index (χ4n) is 4.58. The van der Waals surface area contributed by atoms with Gasteiger partial charge in [-0.15, -0.1) is 0 Å². The SMILES string of the molecule is CNc1cc(CC(C)Cc2cc(NC)c(C(=O)O)cc2F)c(F)cc1C(=O)O.N/C(C=O)=C\C=C(/N)n1ccnc1.N/C(C=O)=C\C=C(/N)n1ccnc1. The van der Waals surface area contributed by atoms with E-state index in [9.17, 15) is 28.0 Å². The summed E-state index contributed by atoms with van der Waals surface area (Å²) in [4.78, 5) is 50.2. The Balaban J connectivity index is 0.000000321. The molecule has 0 radical (unpaired) electrons. The Morgan fingerprint density at radius 1 is 0.722 bits per heavy atom. The molecule has 0 saturated carbocycles. The van der Waals surface area contributed by atoms with Gasteiger partial charge in [-0.1, -0.05) is 6.92 Å². The number of hydrogen-bond donors (Lipinski definition) is 8. The number of carboxylic acids is 2. The first-order chi connectivity index (χ1) is 25.6. The quantitative estimate of drug-likeness (QED) is 0.0523. The number of aromatic carboxylic acids is 2. The van der Waals surface area contributed by atoms with Crippen LogP contribution in [0.15, 0.2) is 97.4 Å². The molecule has 12 N–H and O–H groups in total. The number of carbonyl (C=O) groups is 4. The van der Waals surface area contributed by atoms with Crippen molar-refractivity contribution in [2.75, 3.05) is 24.7 Å². The molecule has 0 amide bonds. The second kappa shape index (κ2) is 21.2. The number of carboxylic acid groups (broad SMARTS) is 2. The van der Waals surface area contributed by atoms with Gasteiger partial charge in [0.1, 0.15) is 35.9 Å². The number of benzene rings is 2. The van der Waals surface area contributed by atoms with Crippen molar-refractivity contribution in [1.82, 2.24) is 19.1 Å². The molecular weight excluding hydrogens is 706 g/mol. The Labute approximate surface area is 309 Å². The summed E-state index contributed by atoms with van der Waals surface area (Å²) in [7, 11) is 3.09. The van der Waals surface area contributed by atoms with Crippen LogP contribution in [0.1, 0.15) is 38.8 Å². The maximum Gasteiger partial charge on any atom is 0.337 e. The molecule has 4 rings (SSSR count). The molecule has 286 valence electrons. The summed E-state index contributed by atoms with van der Waals surface area (Å²) in [5, 5.41) is 23.7. The van der Waals surface area contributed by atoms with Gasteiger partial charge in [0, 0.05) is 50.3 Å². The average molecular weight is 749 g/mol. The molecule has 0 saturated heterocycles. The summed E-state index contributed by atoms with van der Waals surface area (Å²) in [5.74, 6) is -3.03.